The first-order valence-corrected chi connectivity index (χ1v) is 14.0. The average Bonchev–Trinajstić information content (AvgIpc) is 3.32. The highest BCUT2D eigenvalue weighted by Gasteiger charge is 2.58. The summed E-state index contributed by atoms with van der Waals surface area (Å²) in [5.74, 6) is 1.79. The lowest BCUT2D eigenvalue weighted by atomic mass is 9.54. The van der Waals surface area contributed by atoms with Crippen LogP contribution in [0, 0.1) is 30.6 Å². The van der Waals surface area contributed by atoms with Gasteiger partial charge in [-0.05, 0) is 45.4 Å². The molecule has 4 rings (SSSR count). The number of hydrogen-bond acceptors (Lipinski definition) is 9. The SMILES string of the molecule is C#C[C@]1(COP(=O)(NC(C)C(=O)OC(C)C)Oc2ccccc2)C(=C)[C@@H](n2cnc3c(C)ncnc32)[C@@H]1CO. The predicted molar refractivity (Wildman–Crippen MR) is 145 cm³/mol. The minimum absolute atomic E-state index is 0.261. The molecule has 5 atom stereocenters. The number of hydrogen-bond donors (Lipinski definition) is 2. The van der Waals surface area contributed by atoms with Gasteiger partial charge in [-0.25, -0.2) is 19.5 Å². The summed E-state index contributed by atoms with van der Waals surface area (Å²) in [5.41, 5.74) is 1.29. The quantitative estimate of drug-likeness (QED) is 0.157. The van der Waals surface area contributed by atoms with E-state index in [2.05, 4.69) is 32.5 Å². The van der Waals surface area contributed by atoms with Crippen LogP contribution in [0.2, 0.25) is 0 Å². The lowest BCUT2D eigenvalue weighted by Gasteiger charge is -2.53. The van der Waals surface area contributed by atoms with E-state index in [9.17, 15) is 14.5 Å². The maximum Gasteiger partial charge on any atom is 0.459 e. The number of aliphatic hydroxyl groups excluding tert-OH is 1. The van der Waals surface area contributed by atoms with Crippen LogP contribution in [0.4, 0.5) is 0 Å². The van der Waals surface area contributed by atoms with Gasteiger partial charge in [0.15, 0.2) is 5.65 Å². The van der Waals surface area contributed by atoms with Crippen molar-refractivity contribution in [3.8, 4) is 18.1 Å². The molecule has 1 fully saturated rings. The van der Waals surface area contributed by atoms with Crippen molar-refractivity contribution in [2.24, 2.45) is 11.3 Å². The van der Waals surface area contributed by atoms with Crippen molar-refractivity contribution in [1.82, 2.24) is 24.6 Å². The summed E-state index contributed by atoms with van der Waals surface area (Å²) in [6.45, 7) is 10.3. The molecule has 0 amide bonds. The van der Waals surface area contributed by atoms with Gasteiger partial charge in [0.1, 0.15) is 23.6 Å². The van der Waals surface area contributed by atoms with Crippen LogP contribution in [0.1, 0.15) is 32.5 Å². The molecule has 11 nitrogen and oxygen atoms in total. The van der Waals surface area contributed by atoms with Gasteiger partial charge in [-0.3, -0.25) is 9.32 Å². The fraction of sp³-hybridized carbons (Fsp3) is 0.407. The molecule has 1 aliphatic carbocycles. The van der Waals surface area contributed by atoms with E-state index in [-0.39, 0.29) is 25.1 Å². The van der Waals surface area contributed by atoms with Gasteiger partial charge in [0.2, 0.25) is 0 Å². The third kappa shape index (κ3) is 5.47. The third-order valence-corrected chi connectivity index (χ3v) is 8.35. The van der Waals surface area contributed by atoms with E-state index in [0.717, 1.165) is 0 Å². The molecule has 12 heteroatoms. The first-order valence-electron chi connectivity index (χ1n) is 12.4. The van der Waals surface area contributed by atoms with Crippen LogP contribution < -0.4 is 9.61 Å². The van der Waals surface area contributed by atoms with E-state index in [4.69, 9.17) is 20.2 Å². The van der Waals surface area contributed by atoms with Crippen molar-refractivity contribution in [2.75, 3.05) is 13.2 Å². The summed E-state index contributed by atoms with van der Waals surface area (Å²) in [6.07, 6.45) is 8.67. The van der Waals surface area contributed by atoms with Crippen molar-refractivity contribution in [3.63, 3.8) is 0 Å². The number of fused-ring (bicyclic) bond motifs is 1. The summed E-state index contributed by atoms with van der Waals surface area (Å²) in [7, 11) is -4.18. The van der Waals surface area contributed by atoms with E-state index < -0.39 is 37.1 Å². The highest BCUT2D eigenvalue weighted by molar-refractivity contribution is 7.52. The number of esters is 1. The molecule has 2 unspecified atom stereocenters. The summed E-state index contributed by atoms with van der Waals surface area (Å²) in [4.78, 5) is 25.4. The third-order valence-electron chi connectivity index (χ3n) is 6.73. The zero-order chi connectivity index (χ0) is 28.4. The molecule has 0 aliphatic heterocycles. The summed E-state index contributed by atoms with van der Waals surface area (Å²) in [5, 5.41) is 13.0. The number of aromatic nitrogens is 4. The van der Waals surface area contributed by atoms with Crippen molar-refractivity contribution in [1.29, 1.82) is 0 Å². The van der Waals surface area contributed by atoms with E-state index in [1.54, 1.807) is 55.1 Å². The molecule has 3 aromatic rings. The van der Waals surface area contributed by atoms with Crippen LogP contribution in [-0.4, -0.2) is 56.0 Å². The molecular weight excluding hydrogens is 521 g/mol. The van der Waals surface area contributed by atoms with Crippen LogP contribution in [0.25, 0.3) is 11.2 Å². The zero-order valence-corrected chi connectivity index (χ0v) is 23.2. The largest absolute Gasteiger partial charge is 0.462 e. The Hall–Kier alpha value is -3.55. The standard InChI is InChI=1S/C27H32N5O6P/c1-7-27(18(4)24(22(27)13-33)32-16-30-23-19(5)28-15-29-25(23)32)14-36-39(35,38-21-11-9-8-10-12-21)31-20(6)26(34)37-17(2)3/h1,8-12,15-17,20,22,24,33H,4,13-14H2,2-3,5-6H3,(H,31,35)/t20?,22-,24+,27-,39?/m0/s1. The lowest BCUT2D eigenvalue weighted by Crippen LogP contribution is -2.54. The average molecular weight is 554 g/mol. The number of benzene rings is 1. The molecule has 0 spiro atoms. The van der Waals surface area contributed by atoms with Crippen LogP contribution in [0.3, 0.4) is 0 Å². The Morgan fingerprint density at radius 1 is 1.28 bits per heavy atom. The topological polar surface area (TPSA) is 138 Å². The summed E-state index contributed by atoms with van der Waals surface area (Å²) < 4.78 is 32.6. The van der Waals surface area contributed by atoms with Gasteiger partial charge in [0.05, 0.1) is 42.8 Å². The van der Waals surface area contributed by atoms with E-state index >= 15 is 0 Å². The van der Waals surface area contributed by atoms with Crippen molar-refractivity contribution in [2.45, 2.75) is 45.9 Å². The Morgan fingerprint density at radius 2 is 2.00 bits per heavy atom. The number of imidazole rings is 1. The number of terminal acetylenes is 1. The first-order chi connectivity index (χ1) is 18.5. The second-order valence-electron chi connectivity index (χ2n) is 9.67. The highest BCUT2D eigenvalue weighted by atomic mass is 31.2. The van der Waals surface area contributed by atoms with Gasteiger partial charge in [0, 0.05) is 5.92 Å². The van der Waals surface area contributed by atoms with Gasteiger partial charge in [-0.15, -0.1) is 6.42 Å². The second kappa shape index (κ2) is 11.3. The van der Waals surface area contributed by atoms with Crippen molar-refractivity contribution in [3.05, 3.63) is 60.8 Å². The number of ether oxygens (including phenoxy) is 1. The minimum atomic E-state index is -4.18. The molecule has 0 radical (unpaired) electrons. The number of carbonyl (C=O) groups excluding carboxylic acids is 1. The molecule has 0 saturated heterocycles. The van der Waals surface area contributed by atoms with Crippen molar-refractivity contribution < 1.29 is 28.3 Å². The number of nitrogens with zero attached hydrogens (tertiary/aromatic N) is 4. The number of carbonyl (C=O) groups is 1. The van der Waals surface area contributed by atoms with Gasteiger partial charge in [0.25, 0.3) is 0 Å². The van der Waals surface area contributed by atoms with Gasteiger partial charge >= 0.3 is 13.7 Å². The first kappa shape index (κ1) is 28.5. The molecule has 206 valence electrons. The van der Waals surface area contributed by atoms with Crippen LogP contribution in [0.15, 0.2) is 55.1 Å². The fourth-order valence-corrected chi connectivity index (χ4v) is 6.20. The Kier molecular flexibility index (Phi) is 8.23. The molecule has 1 saturated carbocycles. The Bertz CT molecular complexity index is 1450. The molecule has 39 heavy (non-hydrogen) atoms. The summed E-state index contributed by atoms with van der Waals surface area (Å²) in [6, 6.07) is 6.95. The maximum absolute atomic E-state index is 14.0. The van der Waals surface area contributed by atoms with Crippen LogP contribution in [0.5, 0.6) is 5.75 Å². The Balaban J connectivity index is 1.60. The van der Waals surface area contributed by atoms with Crippen molar-refractivity contribution >= 4 is 24.9 Å². The fourth-order valence-electron chi connectivity index (χ4n) is 4.67. The number of nitrogens with one attached hydrogen (secondary N) is 1. The lowest BCUT2D eigenvalue weighted by molar-refractivity contribution is -0.149. The monoisotopic (exact) mass is 553 g/mol. The molecule has 1 aromatic carbocycles. The van der Waals surface area contributed by atoms with Gasteiger partial charge in [-0.1, -0.05) is 30.7 Å². The molecule has 2 heterocycles. The zero-order valence-electron chi connectivity index (χ0n) is 22.3. The van der Waals surface area contributed by atoms with Gasteiger partial charge < -0.3 is 18.9 Å². The Labute approximate surface area is 227 Å². The van der Waals surface area contributed by atoms with E-state index in [1.165, 1.54) is 13.3 Å². The van der Waals surface area contributed by atoms with Crippen LogP contribution >= 0.6 is 7.75 Å². The minimum Gasteiger partial charge on any atom is -0.462 e. The summed E-state index contributed by atoms with van der Waals surface area (Å²) >= 11 is 0. The predicted octanol–water partition coefficient (Wildman–Crippen LogP) is 3.61. The molecular formula is C27H32N5O6P. The molecule has 1 aliphatic rings. The van der Waals surface area contributed by atoms with E-state index in [1.807, 2.05) is 6.92 Å². The van der Waals surface area contributed by atoms with E-state index in [0.29, 0.717) is 22.4 Å². The molecule has 2 aromatic heterocycles. The number of aliphatic hydroxyl groups is 1. The van der Waals surface area contributed by atoms with Gasteiger partial charge in [-0.2, -0.15) is 5.09 Å². The molecule has 0 bridgehead atoms. The second-order valence-corrected chi connectivity index (χ2v) is 11.4. The smallest absolute Gasteiger partial charge is 0.459 e. The number of rotatable bonds is 11. The highest BCUT2D eigenvalue weighted by Crippen LogP contribution is 2.59. The normalized spacial score (nSPS) is 23.1. The maximum atomic E-state index is 14.0. The number of para-hydroxylation sites is 1. The molecule has 2 N–H and O–H groups in total. The number of aryl methyl sites for hydroxylation is 1. The Morgan fingerprint density at radius 3 is 2.64 bits per heavy atom. The van der Waals surface area contributed by atoms with Crippen LogP contribution in [-0.2, 0) is 18.6 Å².